The Morgan fingerprint density at radius 1 is 1.07 bits per heavy atom. The highest BCUT2D eigenvalue weighted by Gasteiger charge is 2.16. The lowest BCUT2D eigenvalue weighted by atomic mass is 10.1. The summed E-state index contributed by atoms with van der Waals surface area (Å²) >= 11 is 0. The van der Waals surface area contributed by atoms with Gasteiger partial charge in [0.1, 0.15) is 11.5 Å². The number of aromatic nitrogens is 1. The average Bonchev–Trinajstić information content (AvgIpc) is 3.18. The molecular weight excluding hydrogens is 362 g/mol. The first-order chi connectivity index (χ1) is 13.5. The number of guanidine groups is 1. The second-order valence-corrected chi connectivity index (χ2v) is 5.68. The molecule has 0 saturated heterocycles. The van der Waals surface area contributed by atoms with Crippen LogP contribution in [0.3, 0.4) is 0 Å². The minimum absolute atomic E-state index is 0.0275. The molecule has 144 valence electrons. The first-order valence-electron chi connectivity index (χ1n) is 8.20. The van der Waals surface area contributed by atoms with Crippen LogP contribution in [-0.2, 0) is 0 Å². The first-order valence-corrected chi connectivity index (χ1v) is 8.20. The fourth-order valence-electron chi connectivity index (χ4n) is 2.46. The molecule has 5 N–H and O–H groups in total. The van der Waals surface area contributed by atoms with Gasteiger partial charge in [0.05, 0.1) is 25.6 Å². The van der Waals surface area contributed by atoms with Gasteiger partial charge in [-0.15, -0.1) is 0 Å². The van der Waals surface area contributed by atoms with E-state index in [0.29, 0.717) is 28.6 Å². The molecule has 0 atom stereocenters. The maximum Gasteiger partial charge on any atom is 0.277 e. The van der Waals surface area contributed by atoms with Crippen LogP contribution in [0.1, 0.15) is 10.5 Å². The van der Waals surface area contributed by atoms with Gasteiger partial charge in [-0.25, -0.2) is 4.99 Å². The average molecular weight is 381 g/mol. The van der Waals surface area contributed by atoms with Crippen LogP contribution >= 0.6 is 0 Å². The number of ether oxygens (including phenoxy) is 2. The minimum Gasteiger partial charge on any atom is -0.497 e. The highest BCUT2D eigenvalue weighted by molar-refractivity contribution is 6.04. The Kier molecular flexibility index (Phi) is 5.45. The smallest absolute Gasteiger partial charge is 0.277 e. The molecule has 1 aromatic heterocycles. The predicted molar refractivity (Wildman–Crippen MR) is 105 cm³/mol. The molecule has 9 heteroatoms. The number of anilines is 1. The Balaban J connectivity index is 1.76. The first kappa shape index (κ1) is 18.8. The normalized spacial score (nSPS) is 10.2. The van der Waals surface area contributed by atoms with Gasteiger partial charge in [-0.3, -0.25) is 4.79 Å². The van der Waals surface area contributed by atoms with Crippen LogP contribution in [0.25, 0.3) is 11.3 Å². The summed E-state index contributed by atoms with van der Waals surface area (Å²) in [7, 11) is 3.05. The summed E-state index contributed by atoms with van der Waals surface area (Å²) in [6.07, 6.45) is 0. The molecule has 0 radical (unpaired) electrons. The van der Waals surface area contributed by atoms with E-state index in [1.54, 1.807) is 55.6 Å². The highest BCUT2D eigenvalue weighted by atomic mass is 16.5. The standard InChI is InChI=1S/C19H19N5O4/c1-26-13-7-8-14(17(9-13)27-2)23-18(25)15-10-16(28-24-15)11-3-5-12(6-4-11)22-19(20)21/h3-10H,1-2H3,(H,23,25)(H4,20,21,22). The lowest BCUT2D eigenvalue weighted by Crippen LogP contribution is -2.21. The molecule has 1 heterocycles. The minimum atomic E-state index is -0.435. The third-order valence-corrected chi connectivity index (χ3v) is 3.81. The van der Waals surface area contributed by atoms with Crippen molar-refractivity contribution in [2.24, 2.45) is 16.5 Å². The number of aliphatic imine (C=N–C) groups is 1. The summed E-state index contributed by atoms with van der Waals surface area (Å²) in [6, 6.07) is 13.6. The molecule has 0 aliphatic rings. The fraction of sp³-hybridized carbons (Fsp3) is 0.105. The van der Waals surface area contributed by atoms with Crippen molar-refractivity contribution in [1.29, 1.82) is 0 Å². The number of nitrogens with zero attached hydrogens (tertiary/aromatic N) is 2. The summed E-state index contributed by atoms with van der Waals surface area (Å²) in [5.74, 6) is 1.05. The zero-order chi connectivity index (χ0) is 20.1. The van der Waals surface area contributed by atoms with E-state index in [2.05, 4.69) is 15.5 Å². The number of nitrogens with one attached hydrogen (secondary N) is 1. The monoisotopic (exact) mass is 381 g/mol. The van der Waals surface area contributed by atoms with Crippen LogP contribution in [0.2, 0.25) is 0 Å². The van der Waals surface area contributed by atoms with Crippen molar-refractivity contribution >= 4 is 23.2 Å². The molecule has 2 aromatic carbocycles. The van der Waals surface area contributed by atoms with E-state index in [1.165, 1.54) is 7.11 Å². The Hall–Kier alpha value is -4.01. The number of hydrogen-bond donors (Lipinski definition) is 3. The van der Waals surface area contributed by atoms with Crippen molar-refractivity contribution in [2.75, 3.05) is 19.5 Å². The summed E-state index contributed by atoms with van der Waals surface area (Å²) in [6.45, 7) is 0. The van der Waals surface area contributed by atoms with E-state index in [-0.39, 0.29) is 11.7 Å². The molecule has 1 amide bonds. The molecule has 3 rings (SSSR count). The quantitative estimate of drug-likeness (QED) is 0.440. The van der Waals surface area contributed by atoms with E-state index in [0.717, 1.165) is 5.56 Å². The number of hydrogen-bond acceptors (Lipinski definition) is 6. The van der Waals surface area contributed by atoms with Crippen molar-refractivity contribution in [3.63, 3.8) is 0 Å². The molecule has 0 saturated carbocycles. The summed E-state index contributed by atoms with van der Waals surface area (Å²) in [5.41, 5.74) is 12.6. The van der Waals surface area contributed by atoms with E-state index in [4.69, 9.17) is 25.5 Å². The number of rotatable bonds is 6. The molecule has 0 spiro atoms. The SMILES string of the molecule is COc1ccc(NC(=O)c2cc(-c3ccc(N=C(N)N)cc3)on2)c(OC)c1. The molecular formula is C19H19N5O4. The summed E-state index contributed by atoms with van der Waals surface area (Å²) in [5, 5.41) is 6.57. The maximum atomic E-state index is 12.5. The number of methoxy groups -OCH3 is 2. The number of carbonyl (C=O) groups excluding carboxylic acids is 1. The van der Waals surface area contributed by atoms with Gasteiger partial charge < -0.3 is 30.8 Å². The van der Waals surface area contributed by atoms with Gasteiger partial charge in [0.25, 0.3) is 5.91 Å². The van der Waals surface area contributed by atoms with Gasteiger partial charge in [-0.1, -0.05) is 5.16 Å². The molecule has 3 aromatic rings. The molecule has 0 aliphatic heterocycles. The molecule has 28 heavy (non-hydrogen) atoms. The van der Waals surface area contributed by atoms with Crippen LogP contribution < -0.4 is 26.3 Å². The van der Waals surface area contributed by atoms with Gasteiger partial charge in [-0.05, 0) is 36.4 Å². The van der Waals surface area contributed by atoms with Crippen LogP contribution in [0.4, 0.5) is 11.4 Å². The number of carbonyl (C=O) groups is 1. The van der Waals surface area contributed by atoms with Gasteiger partial charge in [0, 0.05) is 17.7 Å². The summed E-state index contributed by atoms with van der Waals surface area (Å²) in [4.78, 5) is 16.4. The van der Waals surface area contributed by atoms with Crippen LogP contribution in [0, 0.1) is 0 Å². The fourth-order valence-corrected chi connectivity index (χ4v) is 2.46. The Morgan fingerprint density at radius 3 is 2.46 bits per heavy atom. The lowest BCUT2D eigenvalue weighted by molar-refractivity contribution is 0.101. The second-order valence-electron chi connectivity index (χ2n) is 5.68. The van der Waals surface area contributed by atoms with Crippen molar-refractivity contribution in [3.05, 3.63) is 54.2 Å². The second kappa shape index (κ2) is 8.12. The van der Waals surface area contributed by atoms with Crippen LogP contribution in [0.5, 0.6) is 11.5 Å². The largest absolute Gasteiger partial charge is 0.497 e. The molecule has 0 bridgehead atoms. The van der Waals surface area contributed by atoms with Crippen molar-refractivity contribution < 1.29 is 18.8 Å². The molecule has 0 aliphatic carbocycles. The van der Waals surface area contributed by atoms with Crippen molar-refractivity contribution in [3.8, 4) is 22.8 Å². The van der Waals surface area contributed by atoms with E-state index < -0.39 is 5.91 Å². The lowest BCUT2D eigenvalue weighted by Gasteiger charge is -2.10. The predicted octanol–water partition coefficient (Wildman–Crippen LogP) is 2.52. The Morgan fingerprint density at radius 2 is 1.82 bits per heavy atom. The maximum absolute atomic E-state index is 12.5. The molecule has 9 nitrogen and oxygen atoms in total. The van der Waals surface area contributed by atoms with E-state index in [9.17, 15) is 4.79 Å². The van der Waals surface area contributed by atoms with Gasteiger partial charge >= 0.3 is 0 Å². The topological polar surface area (TPSA) is 138 Å². The third-order valence-electron chi connectivity index (χ3n) is 3.81. The molecule has 0 fully saturated rings. The number of benzene rings is 2. The Labute approximate surface area is 160 Å². The van der Waals surface area contributed by atoms with Crippen LogP contribution in [-0.4, -0.2) is 31.2 Å². The highest BCUT2D eigenvalue weighted by Crippen LogP contribution is 2.30. The van der Waals surface area contributed by atoms with Gasteiger partial charge in [0.2, 0.25) is 0 Å². The van der Waals surface area contributed by atoms with Crippen molar-refractivity contribution in [2.45, 2.75) is 0 Å². The van der Waals surface area contributed by atoms with Gasteiger partial charge in [0.15, 0.2) is 17.4 Å². The number of amides is 1. The van der Waals surface area contributed by atoms with Gasteiger partial charge in [-0.2, -0.15) is 0 Å². The third kappa shape index (κ3) is 4.21. The van der Waals surface area contributed by atoms with Crippen molar-refractivity contribution in [1.82, 2.24) is 5.16 Å². The van der Waals surface area contributed by atoms with E-state index in [1.807, 2.05) is 0 Å². The zero-order valence-electron chi connectivity index (χ0n) is 15.3. The number of nitrogens with two attached hydrogens (primary N) is 2. The molecule has 0 unspecified atom stereocenters. The van der Waals surface area contributed by atoms with Crippen LogP contribution in [0.15, 0.2) is 58.0 Å². The Bertz CT molecular complexity index is 1010. The zero-order valence-corrected chi connectivity index (χ0v) is 15.3. The van der Waals surface area contributed by atoms with E-state index >= 15 is 0 Å². The summed E-state index contributed by atoms with van der Waals surface area (Å²) < 4.78 is 15.7.